The molecule has 2 heterocycles. The van der Waals surface area contributed by atoms with E-state index in [9.17, 15) is 0 Å². The van der Waals surface area contributed by atoms with Crippen LogP contribution in [0, 0.1) is 0 Å². The van der Waals surface area contributed by atoms with Gasteiger partial charge in [0.2, 0.25) is 0 Å². The number of aromatic nitrogens is 2. The lowest BCUT2D eigenvalue weighted by Crippen LogP contribution is -2.34. The van der Waals surface area contributed by atoms with Gasteiger partial charge < -0.3 is 24.7 Å². The molecule has 0 aliphatic rings. The fourth-order valence-corrected chi connectivity index (χ4v) is 5.90. The summed E-state index contributed by atoms with van der Waals surface area (Å²) >= 11 is 0. The highest BCUT2D eigenvalue weighted by molar-refractivity contribution is 6.08. The zero-order chi connectivity index (χ0) is 26.1. The van der Waals surface area contributed by atoms with Crippen molar-refractivity contribution < 1.29 is 0 Å². The molecule has 2 aromatic heterocycles. The van der Waals surface area contributed by atoms with Gasteiger partial charge in [-0.25, -0.2) is 0 Å². The molecule has 0 amide bonds. The summed E-state index contributed by atoms with van der Waals surface area (Å²) in [7, 11) is 6.51. The van der Waals surface area contributed by atoms with E-state index in [1.165, 1.54) is 54.5 Å². The molecule has 0 atom stereocenters. The maximum absolute atomic E-state index is 3.66. The van der Waals surface area contributed by atoms with Crippen molar-refractivity contribution in [3.63, 3.8) is 0 Å². The third-order valence-electron chi connectivity index (χ3n) is 7.87. The average molecular weight is 504 g/mol. The fraction of sp³-hybridized carbons (Fsp3) is 0.273. The van der Waals surface area contributed by atoms with Crippen LogP contribution in [0.2, 0.25) is 0 Å². The van der Waals surface area contributed by atoms with Crippen molar-refractivity contribution >= 4 is 43.4 Å². The molecule has 38 heavy (non-hydrogen) atoms. The second-order valence-corrected chi connectivity index (χ2v) is 10.6. The lowest BCUT2D eigenvalue weighted by Gasteiger charge is -2.17. The predicted molar refractivity (Wildman–Crippen MR) is 162 cm³/mol. The van der Waals surface area contributed by atoms with Gasteiger partial charge in [-0.3, -0.25) is 0 Å². The molecule has 0 bridgehead atoms. The van der Waals surface area contributed by atoms with E-state index in [0.717, 1.165) is 39.3 Å². The van der Waals surface area contributed by atoms with E-state index in [-0.39, 0.29) is 0 Å². The Hall–Kier alpha value is -3.64. The summed E-state index contributed by atoms with van der Waals surface area (Å²) in [5, 5.41) is 15.3. The molecule has 2 N–H and O–H groups in total. The number of likely N-dealkylation sites (N-methyl/N-ethyl adjacent to an activating group) is 1. The Morgan fingerprint density at radius 2 is 1.03 bits per heavy atom. The van der Waals surface area contributed by atoms with E-state index in [1.54, 1.807) is 0 Å². The molecule has 0 radical (unpaired) electrons. The molecule has 194 valence electrons. The zero-order valence-corrected chi connectivity index (χ0v) is 22.7. The van der Waals surface area contributed by atoms with Crippen molar-refractivity contribution in [2.75, 3.05) is 33.2 Å². The monoisotopic (exact) mass is 503 g/mol. The Kier molecular flexibility index (Phi) is 6.90. The number of hydrogen-bond donors (Lipinski definition) is 2. The van der Waals surface area contributed by atoms with Gasteiger partial charge >= 0.3 is 0 Å². The Bertz CT molecular complexity index is 1600. The zero-order valence-electron chi connectivity index (χ0n) is 22.7. The van der Waals surface area contributed by atoms with Crippen molar-refractivity contribution in [3.8, 4) is 0 Å². The van der Waals surface area contributed by atoms with Gasteiger partial charge in [-0.15, -0.1) is 0 Å². The summed E-state index contributed by atoms with van der Waals surface area (Å²) in [5.74, 6) is 0. The minimum atomic E-state index is 0.886. The molecule has 0 spiro atoms. The van der Waals surface area contributed by atoms with Gasteiger partial charge in [0.25, 0.3) is 0 Å². The van der Waals surface area contributed by atoms with Crippen LogP contribution in [0.4, 0.5) is 0 Å². The van der Waals surface area contributed by atoms with Gasteiger partial charge in [0.05, 0.1) is 11.0 Å². The Morgan fingerprint density at radius 3 is 1.50 bits per heavy atom. The highest BCUT2D eigenvalue weighted by Gasteiger charge is 2.11. The van der Waals surface area contributed by atoms with E-state index in [4.69, 9.17) is 0 Å². The second kappa shape index (κ2) is 10.6. The van der Waals surface area contributed by atoms with Crippen molar-refractivity contribution in [1.29, 1.82) is 0 Å². The quantitative estimate of drug-likeness (QED) is 0.233. The smallest absolute Gasteiger partial charge is 0.0560 e. The third-order valence-corrected chi connectivity index (χ3v) is 7.87. The summed E-state index contributed by atoms with van der Waals surface area (Å²) in [6.45, 7) is 5.76. The maximum Gasteiger partial charge on any atom is 0.0560 e. The summed E-state index contributed by atoms with van der Waals surface area (Å²) in [6.07, 6.45) is 4.54. The molecule has 0 fully saturated rings. The van der Waals surface area contributed by atoms with Gasteiger partial charge in [0, 0.05) is 87.3 Å². The number of benzene rings is 4. The van der Waals surface area contributed by atoms with Crippen LogP contribution in [0.5, 0.6) is 0 Å². The van der Waals surface area contributed by atoms with Gasteiger partial charge in [-0.05, 0) is 28.9 Å². The van der Waals surface area contributed by atoms with Crippen molar-refractivity contribution in [2.24, 2.45) is 14.1 Å². The van der Waals surface area contributed by atoms with E-state index in [0.29, 0.717) is 0 Å². The van der Waals surface area contributed by atoms with Gasteiger partial charge in [0.15, 0.2) is 0 Å². The topological polar surface area (TPSA) is 37.2 Å². The number of rotatable bonds is 10. The second-order valence-electron chi connectivity index (χ2n) is 10.6. The number of aryl methyl sites for hydroxylation is 2. The molecule has 4 aromatic carbocycles. The molecule has 6 rings (SSSR count). The minimum absolute atomic E-state index is 0.886. The molecular formula is C33H37N5. The standard InChI is InChI=1S/C33H37N5/c1-36(18-16-34-20-26-22-37(2)32-28-10-6-4-8-24(28)12-14-30(26)32)19-17-35-21-27-23-38(3)33-29-11-7-5-9-25(29)13-15-31(27)33/h4-15,22-23,34-35H,16-21H2,1-3H3. The van der Waals surface area contributed by atoms with Crippen molar-refractivity contribution in [3.05, 3.63) is 96.3 Å². The number of fused-ring (bicyclic) bond motifs is 6. The van der Waals surface area contributed by atoms with Crippen LogP contribution in [-0.2, 0) is 27.2 Å². The Balaban J connectivity index is 0.983. The van der Waals surface area contributed by atoms with Crippen LogP contribution in [0.15, 0.2) is 85.2 Å². The predicted octanol–water partition coefficient (Wildman–Crippen LogP) is 5.79. The lowest BCUT2D eigenvalue weighted by molar-refractivity contribution is 0.328. The fourth-order valence-electron chi connectivity index (χ4n) is 5.90. The molecule has 5 nitrogen and oxygen atoms in total. The highest BCUT2D eigenvalue weighted by Crippen LogP contribution is 2.30. The van der Waals surface area contributed by atoms with E-state index in [1.807, 2.05) is 0 Å². The summed E-state index contributed by atoms with van der Waals surface area (Å²) in [6, 6.07) is 26.3. The Morgan fingerprint density at radius 1 is 0.579 bits per heavy atom. The molecular weight excluding hydrogens is 466 g/mol. The molecule has 5 heteroatoms. The SMILES string of the molecule is CN(CCNCc1cn(C)c2c1ccc1ccccc12)CCNCc1cn(C)c2c1ccc1ccccc12. The van der Waals surface area contributed by atoms with Crippen LogP contribution in [0.25, 0.3) is 43.4 Å². The maximum atomic E-state index is 3.66. The Labute approximate surface area is 224 Å². The minimum Gasteiger partial charge on any atom is -0.350 e. The molecule has 0 saturated carbocycles. The van der Waals surface area contributed by atoms with E-state index < -0.39 is 0 Å². The lowest BCUT2D eigenvalue weighted by atomic mass is 10.1. The summed E-state index contributed by atoms with van der Waals surface area (Å²) in [4.78, 5) is 2.40. The van der Waals surface area contributed by atoms with Crippen LogP contribution < -0.4 is 10.6 Å². The molecule has 0 saturated heterocycles. The van der Waals surface area contributed by atoms with E-state index in [2.05, 4.69) is 131 Å². The van der Waals surface area contributed by atoms with Gasteiger partial charge in [-0.1, -0.05) is 72.8 Å². The first-order valence-electron chi connectivity index (χ1n) is 13.6. The van der Waals surface area contributed by atoms with Crippen LogP contribution >= 0.6 is 0 Å². The first-order chi connectivity index (χ1) is 18.6. The molecule has 0 aliphatic carbocycles. The first-order valence-corrected chi connectivity index (χ1v) is 13.6. The van der Waals surface area contributed by atoms with E-state index >= 15 is 0 Å². The van der Waals surface area contributed by atoms with Gasteiger partial charge in [0.1, 0.15) is 0 Å². The van der Waals surface area contributed by atoms with Crippen molar-refractivity contribution in [2.45, 2.75) is 13.1 Å². The molecule has 6 aromatic rings. The van der Waals surface area contributed by atoms with Crippen LogP contribution in [0.1, 0.15) is 11.1 Å². The normalized spacial score (nSPS) is 12.1. The average Bonchev–Trinajstić information content (AvgIpc) is 3.45. The van der Waals surface area contributed by atoms with Crippen LogP contribution in [0.3, 0.4) is 0 Å². The number of nitrogens with one attached hydrogen (secondary N) is 2. The van der Waals surface area contributed by atoms with Crippen molar-refractivity contribution in [1.82, 2.24) is 24.7 Å². The first kappa shape index (κ1) is 24.7. The number of hydrogen-bond acceptors (Lipinski definition) is 3. The summed E-state index contributed by atoms with van der Waals surface area (Å²) < 4.78 is 4.54. The van der Waals surface area contributed by atoms with Crippen LogP contribution in [-0.4, -0.2) is 47.3 Å². The van der Waals surface area contributed by atoms with Gasteiger partial charge in [-0.2, -0.15) is 0 Å². The molecule has 0 unspecified atom stereocenters. The molecule has 0 aliphatic heterocycles. The largest absolute Gasteiger partial charge is 0.350 e. The third kappa shape index (κ3) is 4.69. The highest BCUT2D eigenvalue weighted by atomic mass is 15.1. The number of nitrogens with zero attached hydrogens (tertiary/aromatic N) is 3. The summed E-state index contributed by atoms with van der Waals surface area (Å²) in [5.41, 5.74) is 5.37.